The highest BCUT2D eigenvalue weighted by Gasteiger charge is 2.24. The van der Waals surface area contributed by atoms with Gasteiger partial charge in [0.05, 0.1) is 29.3 Å². The van der Waals surface area contributed by atoms with Gasteiger partial charge in [0.2, 0.25) is 16.0 Å². The molecule has 13 nitrogen and oxygen atoms in total. The van der Waals surface area contributed by atoms with Gasteiger partial charge in [-0.05, 0) is 86.2 Å². The molecule has 3 heterocycles. The van der Waals surface area contributed by atoms with Crippen molar-refractivity contribution in [1.82, 2.24) is 39.8 Å². The first kappa shape index (κ1) is 29.6. The van der Waals surface area contributed by atoms with Crippen molar-refractivity contribution >= 4 is 33.3 Å². The van der Waals surface area contributed by atoms with Crippen LogP contribution in [0.5, 0.6) is 11.5 Å². The van der Waals surface area contributed by atoms with Crippen molar-refractivity contribution in [1.29, 1.82) is 0 Å². The number of nitrogens with one attached hydrogen (secondary N) is 2. The Hall–Kier alpha value is -3.85. The van der Waals surface area contributed by atoms with Crippen LogP contribution in [0.15, 0.2) is 60.0 Å². The maximum atomic E-state index is 13.1. The second-order valence-electron chi connectivity index (χ2n) is 10.1. The lowest BCUT2D eigenvalue weighted by Crippen LogP contribution is -2.43. The van der Waals surface area contributed by atoms with Gasteiger partial charge >= 0.3 is 0 Å². The third-order valence-corrected chi connectivity index (χ3v) is 8.68. The van der Waals surface area contributed by atoms with Gasteiger partial charge in [0.25, 0.3) is 0 Å². The first-order valence-electron chi connectivity index (χ1n) is 13.4. The summed E-state index contributed by atoms with van der Waals surface area (Å²) in [6, 6.07) is 9.96. The van der Waals surface area contributed by atoms with Gasteiger partial charge in [-0.3, -0.25) is 0 Å². The van der Waals surface area contributed by atoms with Crippen LogP contribution in [0.1, 0.15) is 19.8 Å². The van der Waals surface area contributed by atoms with E-state index in [-0.39, 0.29) is 23.0 Å². The molecule has 0 spiro atoms. The first-order chi connectivity index (χ1) is 20.2. The minimum atomic E-state index is -3.73. The molecule has 0 radical (unpaired) electrons. The van der Waals surface area contributed by atoms with Crippen molar-refractivity contribution < 1.29 is 17.9 Å². The third-order valence-electron chi connectivity index (χ3n) is 6.85. The van der Waals surface area contributed by atoms with Crippen molar-refractivity contribution in [2.75, 3.05) is 32.6 Å². The topological polar surface area (TPSA) is 149 Å². The van der Waals surface area contributed by atoms with Crippen LogP contribution >= 0.6 is 11.6 Å². The average molecular weight is 614 g/mol. The molecule has 1 fully saturated rings. The Balaban J connectivity index is 1.29. The summed E-state index contributed by atoms with van der Waals surface area (Å²) in [5.41, 5.74) is 1.97. The van der Waals surface area contributed by atoms with Crippen molar-refractivity contribution in [3.8, 4) is 22.6 Å². The Kier molecular flexibility index (Phi) is 9.16. The largest absolute Gasteiger partial charge is 0.495 e. The molecule has 0 unspecified atom stereocenters. The Morgan fingerprint density at radius 1 is 1.07 bits per heavy atom. The molecule has 2 aromatic heterocycles. The van der Waals surface area contributed by atoms with E-state index in [0.717, 1.165) is 37.1 Å². The number of likely N-dealkylation sites (tertiary alicyclic amines) is 1. The van der Waals surface area contributed by atoms with Crippen LogP contribution in [0, 0.1) is 0 Å². The normalized spacial score (nSPS) is 15.3. The zero-order valence-electron chi connectivity index (χ0n) is 23.4. The second-order valence-corrected chi connectivity index (χ2v) is 12.2. The van der Waals surface area contributed by atoms with Crippen LogP contribution in [0.4, 0.5) is 11.6 Å². The Labute approximate surface area is 249 Å². The molecule has 1 aliphatic rings. The summed E-state index contributed by atoms with van der Waals surface area (Å²) in [7, 11) is -0.184. The lowest BCUT2D eigenvalue weighted by atomic mass is 10.1. The molecule has 42 heavy (non-hydrogen) atoms. The number of aromatic nitrogens is 6. The van der Waals surface area contributed by atoms with Gasteiger partial charge in [-0.1, -0.05) is 17.7 Å². The van der Waals surface area contributed by atoms with Crippen LogP contribution in [0.25, 0.3) is 11.1 Å². The molecule has 2 N–H and O–H groups in total. The highest BCUT2D eigenvalue weighted by atomic mass is 35.5. The van der Waals surface area contributed by atoms with E-state index in [1.807, 2.05) is 26.1 Å². The smallest absolute Gasteiger partial charge is 0.240 e. The minimum absolute atomic E-state index is 0.103. The summed E-state index contributed by atoms with van der Waals surface area (Å²) < 4.78 is 42.2. The van der Waals surface area contributed by atoms with Crippen molar-refractivity contribution in [3.63, 3.8) is 0 Å². The van der Waals surface area contributed by atoms with E-state index in [9.17, 15) is 8.42 Å². The highest BCUT2D eigenvalue weighted by molar-refractivity contribution is 7.89. The fourth-order valence-electron chi connectivity index (χ4n) is 4.58. The minimum Gasteiger partial charge on any atom is -0.495 e. The molecule has 0 saturated carbocycles. The van der Waals surface area contributed by atoms with Crippen LogP contribution in [-0.2, 0) is 16.6 Å². The molecule has 4 aromatic rings. The first-order valence-corrected chi connectivity index (χ1v) is 15.2. The zero-order chi connectivity index (χ0) is 29.7. The average Bonchev–Trinajstić information content (AvgIpc) is 3.49. The maximum absolute atomic E-state index is 13.1. The number of halogens is 1. The molecular formula is C27H32ClN9O4S. The number of anilines is 2. The fraction of sp³-hybridized carbons (Fsp3) is 0.370. The van der Waals surface area contributed by atoms with E-state index >= 15 is 0 Å². The zero-order valence-corrected chi connectivity index (χ0v) is 25.0. The summed E-state index contributed by atoms with van der Waals surface area (Å²) >= 11 is 6.38. The Bertz CT molecular complexity index is 1600. The molecule has 1 atom stereocenters. The number of sulfonamides is 1. The number of tetrazole rings is 1. The Morgan fingerprint density at radius 3 is 2.52 bits per heavy atom. The van der Waals surface area contributed by atoms with Gasteiger partial charge in [-0.2, -0.15) is 0 Å². The molecule has 2 aromatic carbocycles. The molecule has 1 aliphatic heterocycles. The molecule has 0 amide bonds. The van der Waals surface area contributed by atoms with Crippen molar-refractivity contribution in [2.24, 2.45) is 0 Å². The molecule has 0 bridgehead atoms. The van der Waals surface area contributed by atoms with E-state index in [1.54, 1.807) is 29.2 Å². The number of methoxy groups -OCH3 is 1. The standard InChI is InChI=1S/C27H32ClN9O4S/c1-18(16-37-17-31-34-35-37)41-26-12-19(4-6-23(26)28)20-14-29-27(30-15-20)32-24-13-22(5-7-25(24)40-3)42(38,39)33-21-8-10-36(2)11-9-21/h4-7,12-15,17-18,21,33H,8-11,16H2,1-3H3,(H,29,30,32)/t18-/m0/s1. The number of ether oxygens (including phenoxy) is 2. The summed E-state index contributed by atoms with van der Waals surface area (Å²) in [4.78, 5) is 11.2. The maximum Gasteiger partial charge on any atom is 0.240 e. The molecule has 5 rings (SSSR count). The van der Waals surface area contributed by atoms with Gasteiger partial charge < -0.3 is 19.7 Å². The van der Waals surface area contributed by atoms with E-state index in [1.165, 1.54) is 25.6 Å². The van der Waals surface area contributed by atoms with Gasteiger partial charge in [-0.15, -0.1) is 5.10 Å². The summed E-state index contributed by atoms with van der Waals surface area (Å²) in [5.74, 6) is 1.24. The third kappa shape index (κ3) is 7.31. The van der Waals surface area contributed by atoms with Crippen LogP contribution in [0.3, 0.4) is 0 Å². The second kappa shape index (κ2) is 13.0. The highest BCUT2D eigenvalue weighted by Crippen LogP contribution is 2.33. The SMILES string of the molecule is COc1ccc(S(=O)(=O)NC2CCN(C)CC2)cc1Nc1ncc(-c2ccc(Cl)c(O[C@@H](C)Cn3cnnn3)c2)cn1. The number of rotatable bonds is 11. The summed E-state index contributed by atoms with van der Waals surface area (Å²) in [6.07, 6.45) is 6.11. The molecule has 15 heteroatoms. The van der Waals surface area contributed by atoms with Crippen molar-refractivity contribution in [2.45, 2.75) is 43.4 Å². The number of piperidine rings is 1. The molecule has 222 valence electrons. The molecule has 1 saturated heterocycles. The van der Waals surface area contributed by atoms with E-state index in [0.29, 0.717) is 28.8 Å². The number of hydrogen-bond acceptors (Lipinski definition) is 11. The number of benzene rings is 2. The van der Waals surface area contributed by atoms with E-state index < -0.39 is 10.0 Å². The predicted octanol–water partition coefficient (Wildman–Crippen LogP) is 3.38. The summed E-state index contributed by atoms with van der Waals surface area (Å²) in [6.45, 7) is 4.05. The quantitative estimate of drug-likeness (QED) is 0.256. The Morgan fingerprint density at radius 2 is 1.83 bits per heavy atom. The van der Waals surface area contributed by atoms with Crippen molar-refractivity contribution in [3.05, 3.63) is 60.1 Å². The fourth-order valence-corrected chi connectivity index (χ4v) is 6.08. The molecule has 0 aliphatic carbocycles. The number of nitrogens with zero attached hydrogens (tertiary/aromatic N) is 7. The lowest BCUT2D eigenvalue weighted by Gasteiger charge is -2.29. The lowest BCUT2D eigenvalue weighted by molar-refractivity contribution is 0.193. The van der Waals surface area contributed by atoms with Crippen LogP contribution in [0.2, 0.25) is 5.02 Å². The van der Waals surface area contributed by atoms with E-state index in [2.05, 4.69) is 40.4 Å². The van der Waals surface area contributed by atoms with Gasteiger partial charge in [-0.25, -0.2) is 27.8 Å². The van der Waals surface area contributed by atoms with Gasteiger partial charge in [0, 0.05) is 24.0 Å². The molecular weight excluding hydrogens is 582 g/mol. The van der Waals surface area contributed by atoms with E-state index in [4.69, 9.17) is 21.1 Å². The monoisotopic (exact) mass is 613 g/mol. The number of hydrogen-bond donors (Lipinski definition) is 2. The van der Waals surface area contributed by atoms with Crippen LogP contribution in [-0.4, -0.2) is 82.9 Å². The summed E-state index contributed by atoms with van der Waals surface area (Å²) in [5, 5.41) is 14.7. The van der Waals surface area contributed by atoms with Gasteiger partial charge in [0.15, 0.2) is 0 Å². The predicted molar refractivity (Wildman–Crippen MR) is 158 cm³/mol. The van der Waals surface area contributed by atoms with Gasteiger partial charge in [0.1, 0.15) is 23.9 Å². The van der Waals surface area contributed by atoms with Crippen LogP contribution < -0.4 is 19.5 Å².